The van der Waals surface area contributed by atoms with Crippen LogP contribution in [0, 0.1) is 0 Å². The molecule has 2 aliphatic rings. The summed E-state index contributed by atoms with van der Waals surface area (Å²) in [6.45, 7) is 0. The number of para-hydroxylation sites is 1. The van der Waals surface area contributed by atoms with E-state index < -0.39 is 0 Å². The predicted octanol–water partition coefficient (Wildman–Crippen LogP) is 8.86. The van der Waals surface area contributed by atoms with Crippen LogP contribution in [0.4, 0.5) is 0 Å². The summed E-state index contributed by atoms with van der Waals surface area (Å²) >= 11 is 1.94. The fourth-order valence-corrected chi connectivity index (χ4v) is 8.24. The second-order valence-electron chi connectivity index (χ2n) is 10.2. The fraction of sp³-hybridized carbons (Fsp3) is 0.0286. The fourth-order valence-electron chi connectivity index (χ4n) is 6.79. The minimum Gasteiger partial charge on any atom is -0.236 e. The predicted molar refractivity (Wildman–Crippen MR) is 157 cm³/mol. The topological polar surface area (TPSA) is 25.8 Å². The van der Waals surface area contributed by atoms with Gasteiger partial charge >= 0.3 is 0 Å². The molecule has 2 nitrogen and oxygen atoms in total. The Hall–Kier alpha value is -4.60. The summed E-state index contributed by atoms with van der Waals surface area (Å²) in [5.74, 6) is 0.764. The molecule has 0 saturated heterocycles. The second-order valence-corrected chi connectivity index (χ2v) is 11.2. The first kappa shape index (κ1) is 20.5. The molecule has 2 aliphatic carbocycles. The first-order chi connectivity index (χ1) is 18.8. The van der Waals surface area contributed by atoms with Gasteiger partial charge in [-0.15, -0.1) is 11.3 Å². The average Bonchev–Trinajstić information content (AvgIpc) is 3.60. The molecule has 3 heteroatoms. The van der Waals surface area contributed by atoms with Crippen molar-refractivity contribution in [1.82, 2.24) is 9.97 Å². The SMILES string of the molecule is c1ccc2c(c1)-c1ccc(-c3ncc4ccccc4n3)cc1C21c2ccccc2-c2c1sc1ccccc21. The standard InChI is InChI=1S/C35H20N2S/c1-7-15-30-22(9-1)20-36-34(37-30)21-17-18-24-23-10-2-5-13-27(23)35(29(24)19-21)28-14-6-3-11-25(28)32-26-12-4-8-16-31(26)38-33(32)35/h1-20H. The van der Waals surface area contributed by atoms with Crippen LogP contribution in [-0.4, -0.2) is 9.97 Å². The van der Waals surface area contributed by atoms with E-state index >= 15 is 0 Å². The molecular formula is C35H20N2S. The van der Waals surface area contributed by atoms with E-state index in [0.717, 1.165) is 22.3 Å². The second kappa shape index (κ2) is 7.25. The molecule has 0 radical (unpaired) electrons. The number of aromatic nitrogens is 2. The summed E-state index contributed by atoms with van der Waals surface area (Å²) in [5, 5.41) is 2.40. The summed E-state index contributed by atoms with van der Waals surface area (Å²) < 4.78 is 1.34. The van der Waals surface area contributed by atoms with Gasteiger partial charge in [-0.1, -0.05) is 97.1 Å². The van der Waals surface area contributed by atoms with Gasteiger partial charge in [0.05, 0.1) is 10.9 Å². The van der Waals surface area contributed by atoms with Gasteiger partial charge in [-0.2, -0.15) is 0 Å². The normalized spacial score (nSPS) is 16.5. The van der Waals surface area contributed by atoms with E-state index in [0.29, 0.717) is 0 Å². The number of hydrogen-bond donors (Lipinski definition) is 0. The molecule has 38 heavy (non-hydrogen) atoms. The lowest BCUT2D eigenvalue weighted by Gasteiger charge is -2.29. The minimum atomic E-state index is -0.353. The van der Waals surface area contributed by atoms with Gasteiger partial charge in [0.2, 0.25) is 0 Å². The van der Waals surface area contributed by atoms with Gasteiger partial charge in [-0.05, 0) is 51.6 Å². The van der Waals surface area contributed by atoms with Gasteiger partial charge in [0.25, 0.3) is 0 Å². The third-order valence-corrected chi connectivity index (χ3v) is 9.62. The molecule has 2 aromatic heterocycles. The number of fused-ring (bicyclic) bond motifs is 13. The zero-order valence-corrected chi connectivity index (χ0v) is 21.2. The summed E-state index contributed by atoms with van der Waals surface area (Å²) in [7, 11) is 0. The maximum atomic E-state index is 4.95. The third kappa shape index (κ3) is 2.42. The number of thiophene rings is 1. The largest absolute Gasteiger partial charge is 0.236 e. The van der Waals surface area contributed by atoms with Crippen LogP contribution in [-0.2, 0) is 5.41 Å². The molecule has 7 aromatic rings. The lowest BCUT2D eigenvalue weighted by Crippen LogP contribution is -2.25. The quantitative estimate of drug-likeness (QED) is 0.225. The van der Waals surface area contributed by atoms with Crippen LogP contribution in [0.15, 0.2) is 121 Å². The molecule has 5 aromatic carbocycles. The molecule has 176 valence electrons. The number of rotatable bonds is 1. The van der Waals surface area contributed by atoms with Crippen molar-refractivity contribution in [2.45, 2.75) is 5.41 Å². The Kier molecular flexibility index (Phi) is 3.90. The number of benzene rings is 5. The highest BCUT2D eigenvalue weighted by molar-refractivity contribution is 7.20. The minimum absolute atomic E-state index is 0.353. The molecule has 0 bridgehead atoms. The molecule has 9 rings (SSSR count). The van der Waals surface area contributed by atoms with Crippen molar-refractivity contribution in [3.8, 4) is 33.6 Å². The first-order valence-corrected chi connectivity index (χ1v) is 13.7. The van der Waals surface area contributed by atoms with Gasteiger partial charge in [0, 0.05) is 37.7 Å². The Morgan fingerprint density at radius 3 is 2.24 bits per heavy atom. The molecule has 0 aliphatic heterocycles. The maximum absolute atomic E-state index is 4.95. The number of hydrogen-bond acceptors (Lipinski definition) is 3. The van der Waals surface area contributed by atoms with E-state index in [4.69, 9.17) is 9.97 Å². The molecule has 0 fully saturated rings. The summed E-state index contributed by atoms with van der Waals surface area (Å²) in [6.07, 6.45) is 1.93. The Morgan fingerprint density at radius 1 is 0.605 bits per heavy atom. The van der Waals surface area contributed by atoms with Gasteiger partial charge < -0.3 is 0 Å². The summed E-state index contributed by atoms with van der Waals surface area (Å²) in [6, 6.07) is 41.8. The molecular weight excluding hydrogens is 480 g/mol. The number of nitrogens with zero attached hydrogens (tertiary/aromatic N) is 2. The lowest BCUT2D eigenvalue weighted by molar-refractivity contribution is 0.812. The highest BCUT2D eigenvalue weighted by Crippen LogP contribution is 2.66. The van der Waals surface area contributed by atoms with Crippen LogP contribution in [0.5, 0.6) is 0 Å². The van der Waals surface area contributed by atoms with Gasteiger partial charge in [-0.3, -0.25) is 0 Å². The Balaban J connectivity index is 1.40. The van der Waals surface area contributed by atoms with E-state index in [9.17, 15) is 0 Å². The zero-order valence-electron chi connectivity index (χ0n) is 20.3. The Morgan fingerprint density at radius 2 is 1.32 bits per heavy atom. The monoisotopic (exact) mass is 500 g/mol. The molecule has 0 amide bonds. The molecule has 1 spiro atoms. The highest BCUT2D eigenvalue weighted by atomic mass is 32.1. The van der Waals surface area contributed by atoms with Crippen LogP contribution in [0.2, 0.25) is 0 Å². The van der Waals surface area contributed by atoms with E-state index in [2.05, 4.69) is 103 Å². The highest BCUT2D eigenvalue weighted by Gasteiger charge is 2.53. The van der Waals surface area contributed by atoms with Crippen molar-refractivity contribution in [1.29, 1.82) is 0 Å². The van der Waals surface area contributed by atoms with E-state index in [1.54, 1.807) is 0 Å². The smallest absolute Gasteiger partial charge is 0.159 e. The average molecular weight is 501 g/mol. The Labute approximate surface area is 223 Å². The van der Waals surface area contributed by atoms with Crippen LogP contribution >= 0.6 is 11.3 Å². The molecule has 1 atom stereocenters. The summed E-state index contributed by atoms with van der Waals surface area (Å²) in [4.78, 5) is 11.2. The van der Waals surface area contributed by atoms with Gasteiger partial charge in [-0.25, -0.2) is 9.97 Å². The van der Waals surface area contributed by atoms with Crippen molar-refractivity contribution < 1.29 is 0 Å². The van der Waals surface area contributed by atoms with Crippen LogP contribution in [0.3, 0.4) is 0 Å². The van der Waals surface area contributed by atoms with Crippen molar-refractivity contribution in [2.24, 2.45) is 0 Å². The third-order valence-electron chi connectivity index (χ3n) is 8.33. The molecule has 1 unspecified atom stereocenters. The summed E-state index contributed by atoms with van der Waals surface area (Å²) in [5.41, 5.74) is 11.1. The lowest BCUT2D eigenvalue weighted by atomic mass is 9.73. The van der Waals surface area contributed by atoms with E-state index in [1.165, 1.54) is 53.9 Å². The first-order valence-electron chi connectivity index (χ1n) is 12.9. The van der Waals surface area contributed by atoms with Gasteiger partial charge in [0.15, 0.2) is 5.82 Å². The van der Waals surface area contributed by atoms with E-state index in [-0.39, 0.29) is 5.41 Å². The Bertz CT molecular complexity index is 2100. The maximum Gasteiger partial charge on any atom is 0.159 e. The van der Waals surface area contributed by atoms with Crippen molar-refractivity contribution in [2.75, 3.05) is 0 Å². The van der Waals surface area contributed by atoms with Crippen molar-refractivity contribution in [3.05, 3.63) is 143 Å². The van der Waals surface area contributed by atoms with E-state index in [1.807, 2.05) is 29.7 Å². The zero-order chi connectivity index (χ0) is 24.8. The molecule has 0 saturated carbocycles. The van der Waals surface area contributed by atoms with Crippen LogP contribution in [0.25, 0.3) is 54.6 Å². The van der Waals surface area contributed by atoms with Crippen LogP contribution < -0.4 is 0 Å². The molecule has 2 heterocycles. The molecule has 0 N–H and O–H groups in total. The van der Waals surface area contributed by atoms with Crippen LogP contribution in [0.1, 0.15) is 21.6 Å². The van der Waals surface area contributed by atoms with Crippen molar-refractivity contribution in [3.63, 3.8) is 0 Å². The van der Waals surface area contributed by atoms with Gasteiger partial charge in [0.1, 0.15) is 0 Å². The van der Waals surface area contributed by atoms with Crippen molar-refractivity contribution >= 4 is 32.3 Å².